The van der Waals surface area contributed by atoms with Gasteiger partial charge in [0.1, 0.15) is 4.83 Å². The number of thiophene rings is 1. The van der Waals surface area contributed by atoms with Gasteiger partial charge in [-0.3, -0.25) is 9.36 Å². The molecule has 0 saturated carbocycles. The molecule has 1 fully saturated rings. The van der Waals surface area contributed by atoms with Crippen LogP contribution in [0.3, 0.4) is 0 Å². The summed E-state index contributed by atoms with van der Waals surface area (Å²) in [5.74, 6) is 0.773. The summed E-state index contributed by atoms with van der Waals surface area (Å²) in [6.45, 7) is 5.67. The maximum atomic E-state index is 13.1. The molecule has 0 atom stereocenters. The standard InChI is InChI=1S/C18H20N4OS/c1-12-14(13-6-4-3-5-7-13)15-16(24-12)20-18(21(2)17(15)23)22-10-8-19-9-11-22/h3-7,19H,8-11H2,1-2H3. The van der Waals surface area contributed by atoms with Crippen LogP contribution in [0.4, 0.5) is 5.95 Å². The first-order chi connectivity index (χ1) is 11.7. The Morgan fingerprint density at radius 3 is 2.58 bits per heavy atom. The lowest BCUT2D eigenvalue weighted by molar-refractivity contribution is 0.570. The van der Waals surface area contributed by atoms with Gasteiger partial charge >= 0.3 is 0 Å². The fourth-order valence-electron chi connectivity index (χ4n) is 3.33. The number of aryl methyl sites for hydroxylation is 1. The third-order valence-corrected chi connectivity index (χ3v) is 5.55. The van der Waals surface area contributed by atoms with Gasteiger partial charge in [0.2, 0.25) is 5.95 Å². The van der Waals surface area contributed by atoms with Gasteiger partial charge in [0.15, 0.2) is 0 Å². The third kappa shape index (κ3) is 2.42. The number of rotatable bonds is 2. The topological polar surface area (TPSA) is 50.2 Å². The zero-order valence-electron chi connectivity index (χ0n) is 13.9. The molecule has 1 aromatic carbocycles. The molecule has 0 radical (unpaired) electrons. The van der Waals surface area contributed by atoms with Crippen LogP contribution in [0.5, 0.6) is 0 Å². The number of hydrogen-bond acceptors (Lipinski definition) is 5. The highest BCUT2D eigenvalue weighted by Crippen LogP contribution is 2.36. The number of piperazine rings is 1. The van der Waals surface area contributed by atoms with Gasteiger partial charge in [-0.2, -0.15) is 0 Å². The van der Waals surface area contributed by atoms with Crippen LogP contribution in [0.2, 0.25) is 0 Å². The molecule has 1 aliphatic heterocycles. The second-order valence-corrected chi connectivity index (χ2v) is 7.30. The Kier molecular flexibility index (Phi) is 3.86. The fourth-order valence-corrected chi connectivity index (χ4v) is 4.36. The van der Waals surface area contributed by atoms with E-state index in [4.69, 9.17) is 4.98 Å². The monoisotopic (exact) mass is 340 g/mol. The molecule has 0 spiro atoms. The summed E-state index contributed by atoms with van der Waals surface area (Å²) in [5.41, 5.74) is 2.14. The van der Waals surface area contributed by atoms with E-state index in [1.807, 2.05) is 25.2 Å². The molecule has 0 bridgehead atoms. The van der Waals surface area contributed by atoms with Crippen molar-refractivity contribution in [3.8, 4) is 11.1 Å². The molecule has 1 N–H and O–H groups in total. The molecule has 1 saturated heterocycles. The van der Waals surface area contributed by atoms with Gasteiger partial charge in [0, 0.05) is 43.7 Å². The highest BCUT2D eigenvalue weighted by atomic mass is 32.1. The molecule has 124 valence electrons. The van der Waals surface area contributed by atoms with Gasteiger partial charge in [0.25, 0.3) is 5.56 Å². The highest BCUT2D eigenvalue weighted by Gasteiger charge is 2.21. The van der Waals surface area contributed by atoms with E-state index in [9.17, 15) is 4.79 Å². The Hall–Kier alpha value is -2.18. The zero-order valence-corrected chi connectivity index (χ0v) is 14.7. The van der Waals surface area contributed by atoms with Gasteiger partial charge in [0.05, 0.1) is 5.39 Å². The largest absolute Gasteiger partial charge is 0.340 e. The molecule has 4 rings (SSSR count). The van der Waals surface area contributed by atoms with Crippen molar-refractivity contribution in [2.24, 2.45) is 7.05 Å². The SMILES string of the molecule is Cc1sc2nc(N3CCNCC3)n(C)c(=O)c2c1-c1ccccc1. The number of nitrogens with one attached hydrogen (secondary N) is 1. The fraction of sp³-hybridized carbons (Fsp3) is 0.333. The molecular weight excluding hydrogens is 320 g/mol. The summed E-state index contributed by atoms with van der Waals surface area (Å²) < 4.78 is 1.70. The predicted octanol–water partition coefficient (Wildman–Crippen LogP) is 2.38. The van der Waals surface area contributed by atoms with Crippen LogP contribution in [0.25, 0.3) is 21.3 Å². The van der Waals surface area contributed by atoms with Gasteiger partial charge in [-0.15, -0.1) is 11.3 Å². The van der Waals surface area contributed by atoms with Crippen molar-refractivity contribution in [1.29, 1.82) is 0 Å². The van der Waals surface area contributed by atoms with E-state index < -0.39 is 0 Å². The summed E-state index contributed by atoms with van der Waals surface area (Å²) >= 11 is 1.61. The molecule has 0 amide bonds. The average molecular weight is 340 g/mol. The molecule has 6 heteroatoms. The Balaban J connectivity index is 1.94. The molecule has 3 aromatic rings. The lowest BCUT2D eigenvalue weighted by Gasteiger charge is -2.29. The Morgan fingerprint density at radius 2 is 1.88 bits per heavy atom. The van der Waals surface area contributed by atoms with Crippen LogP contribution in [0, 0.1) is 6.92 Å². The van der Waals surface area contributed by atoms with Crippen LogP contribution < -0.4 is 15.8 Å². The lowest BCUT2D eigenvalue weighted by atomic mass is 10.0. The summed E-state index contributed by atoms with van der Waals surface area (Å²) in [4.78, 5) is 22.1. The van der Waals surface area contributed by atoms with Gasteiger partial charge in [-0.25, -0.2) is 4.98 Å². The van der Waals surface area contributed by atoms with Gasteiger partial charge in [-0.05, 0) is 12.5 Å². The zero-order chi connectivity index (χ0) is 16.7. The highest BCUT2D eigenvalue weighted by molar-refractivity contribution is 7.19. The molecule has 2 aromatic heterocycles. The van der Waals surface area contributed by atoms with Crippen molar-refractivity contribution in [2.75, 3.05) is 31.1 Å². The lowest BCUT2D eigenvalue weighted by Crippen LogP contribution is -2.45. The number of hydrogen-bond donors (Lipinski definition) is 1. The van der Waals surface area contributed by atoms with Crippen LogP contribution in [0.15, 0.2) is 35.1 Å². The first kappa shape index (κ1) is 15.4. The van der Waals surface area contributed by atoms with E-state index in [1.165, 1.54) is 0 Å². The van der Waals surface area contributed by atoms with Crippen molar-refractivity contribution in [1.82, 2.24) is 14.9 Å². The number of fused-ring (bicyclic) bond motifs is 1. The number of nitrogens with zero attached hydrogens (tertiary/aromatic N) is 3. The van der Waals surface area contributed by atoms with E-state index in [1.54, 1.807) is 15.9 Å². The third-order valence-electron chi connectivity index (χ3n) is 4.55. The smallest absolute Gasteiger partial charge is 0.264 e. The molecular formula is C18H20N4OS. The van der Waals surface area contributed by atoms with Crippen molar-refractivity contribution in [3.05, 3.63) is 45.6 Å². The minimum atomic E-state index is 0.0386. The van der Waals surface area contributed by atoms with E-state index in [0.29, 0.717) is 0 Å². The number of anilines is 1. The first-order valence-electron chi connectivity index (χ1n) is 8.18. The van der Waals surface area contributed by atoms with Crippen molar-refractivity contribution in [3.63, 3.8) is 0 Å². The Bertz CT molecular complexity index is 939. The van der Waals surface area contributed by atoms with Crippen LogP contribution in [0.1, 0.15) is 4.88 Å². The second kappa shape index (κ2) is 6.03. The van der Waals surface area contributed by atoms with E-state index >= 15 is 0 Å². The van der Waals surface area contributed by atoms with Crippen LogP contribution in [-0.4, -0.2) is 35.7 Å². The molecule has 1 aliphatic rings. The summed E-state index contributed by atoms with van der Waals surface area (Å²) in [6, 6.07) is 10.1. The Morgan fingerprint density at radius 1 is 1.17 bits per heavy atom. The minimum Gasteiger partial charge on any atom is -0.340 e. The summed E-state index contributed by atoms with van der Waals surface area (Å²) in [7, 11) is 1.83. The van der Waals surface area contributed by atoms with Crippen molar-refractivity contribution < 1.29 is 0 Å². The maximum Gasteiger partial charge on any atom is 0.264 e. The summed E-state index contributed by atoms with van der Waals surface area (Å²) in [5, 5.41) is 4.08. The van der Waals surface area contributed by atoms with Crippen LogP contribution >= 0.6 is 11.3 Å². The average Bonchev–Trinajstić information content (AvgIpc) is 2.96. The maximum absolute atomic E-state index is 13.1. The molecule has 5 nitrogen and oxygen atoms in total. The van der Waals surface area contributed by atoms with E-state index in [0.717, 1.165) is 58.3 Å². The second-order valence-electron chi connectivity index (χ2n) is 6.09. The number of aromatic nitrogens is 2. The molecule has 0 unspecified atom stereocenters. The molecule has 24 heavy (non-hydrogen) atoms. The molecule has 0 aliphatic carbocycles. The predicted molar refractivity (Wildman–Crippen MR) is 100 cm³/mol. The van der Waals surface area contributed by atoms with Gasteiger partial charge in [-0.1, -0.05) is 30.3 Å². The van der Waals surface area contributed by atoms with Gasteiger partial charge < -0.3 is 10.2 Å². The van der Waals surface area contributed by atoms with Crippen LogP contribution in [-0.2, 0) is 7.05 Å². The molecule has 3 heterocycles. The minimum absolute atomic E-state index is 0.0386. The normalized spacial score (nSPS) is 15.2. The quantitative estimate of drug-likeness (QED) is 0.778. The number of benzene rings is 1. The van der Waals surface area contributed by atoms with E-state index in [-0.39, 0.29) is 5.56 Å². The van der Waals surface area contributed by atoms with Crippen molar-refractivity contribution >= 4 is 27.5 Å². The first-order valence-corrected chi connectivity index (χ1v) is 8.99. The van der Waals surface area contributed by atoms with Crippen molar-refractivity contribution in [2.45, 2.75) is 6.92 Å². The summed E-state index contributed by atoms with van der Waals surface area (Å²) in [6.07, 6.45) is 0. The Labute approximate surface area is 144 Å². The van der Waals surface area contributed by atoms with E-state index in [2.05, 4.69) is 29.3 Å².